The van der Waals surface area contributed by atoms with Gasteiger partial charge in [0, 0.05) is 6.54 Å². The van der Waals surface area contributed by atoms with Crippen LogP contribution < -0.4 is 5.32 Å². The van der Waals surface area contributed by atoms with E-state index >= 15 is 0 Å². The van der Waals surface area contributed by atoms with Crippen LogP contribution in [0.4, 0.5) is 0 Å². The van der Waals surface area contributed by atoms with Crippen molar-refractivity contribution in [3.05, 3.63) is 12.7 Å². The Kier molecular flexibility index (Phi) is 4.75. The van der Waals surface area contributed by atoms with Crippen molar-refractivity contribution in [2.45, 2.75) is 52.0 Å². The van der Waals surface area contributed by atoms with Gasteiger partial charge >= 0.3 is 5.97 Å². The highest BCUT2D eigenvalue weighted by molar-refractivity contribution is 5.81. The minimum Gasteiger partial charge on any atom is -0.465 e. The first kappa shape index (κ1) is 14.2. The second kappa shape index (κ2) is 5.67. The van der Waals surface area contributed by atoms with Crippen molar-refractivity contribution in [1.82, 2.24) is 5.32 Å². The molecule has 0 aliphatic heterocycles. The van der Waals surface area contributed by atoms with E-state index in [4.69, 9.17) is 4.74 Å². The summed E-state index contributed by atoms with van der Waals surface area (Å²) in [6.07, 6.45) is 5.73. The topological polar surface area (TPSA) is 38.3 Å². The lowest BCUT2D eigenvalue weighted by Gasteiger charge is -2.43. The molecule has 0 saturated heterocycles. The smallest absolute Gasteiger partial charge is 0.326 e. The van der Waals surface area contributed by atoms with Gasteiger partial charge in [0.25, 0.3) is 0 Å². The van der Waals surface area contributed by atoms with Crippen molar-refractivity contribution in [1.29, 1.82) is 0 Å². The first-order valence-electron chi connectivity index (χ1n) is 6.49. The summed E-state index contributed by atoms with van der Waals surface area (Å²) in [6, 6.07) is 0. The standard InChI is InChI=1S/C14H25NO2/c1-5-10-15-14(12(16)17-6-2)9-7-8-13(3,4)11-14/h5,15H,1,6-11H2,2-4H3. The maximum absolute atomic E-state index is 12.2. The monoisotopic (exact) mass is 239 g/mol. The van der Waals surface area contributed by atoms with Gasteiger partial charge in [-0.1, -0.05) is 26.3 Å². The largest absolute Gasteiger partial charge is 0.465 e. The molecular weight excluding hydrogens is 214 g/mol. The quantitative estimate of drug-likeness (QED) is 0.592. The third kappa shape index (κ3) is 3.56. The number of hydrogen-bond acceptors (Lipinski definition) is 3. The minimum absolute atomic E-state index is 0.102. The molecule has 1 aliphatic carbocycles. The fraction of sp³-hybridized carbons (Fsp3) is 0.786. The summed E-state index contributed by atoms with van der Waals surface area (Å²) in [7, 11) is 0. The van der Waals surface area contributed by atoms with Gasteiger partial charge < -0.3 is 4.74 Å². The molecule has 0 spiro atoms. The number of esters is 1. The average Bonchev–Trinajstić information content (AvgIpc) is 2.25. The predicted octanol–water partition coefficient (Wildman–Crippen LogP) is 2.66. The summed E-state index contributed by atoms with van der Waals surface area (Å²) in [5.74, 6) is -0.102. The van der Waals surface area contributed by atoms with E-state index in [0.29, 0.717) is 13.2 Å². The van der Waals surface area contributed by atoms with Gasteiger partial charge in [-0.3, -0.25) is 10.1 Å². The molecule has 1 aliphatic rings. The number of carbonyl (C=O) groups excluding carboxylic acids is 1. The molecule has 1 fully saturated rings. The lowest BCUT2D eigenvalue weighted by molar-refractivity contribution is -0.154. The van der Waals surface area contributed by atoms with Crippen LogP contribution in [0.1, 0.15) is 46.5 Å². The van der Waals surface area contributed by atoms with Gasteiger partial charge in [-0.05, 0) is 31.6 Å². The van der Waals surface area contributed by atoms with Gasteiger partial charge in [0.2, 0.25) is 0 Å². The summed E-state index contributed by atoms with van der Waals surface area (Å²) in [5.41, 5.74) is -0.314. The molecule has 0 amide bonds. The van der Waals surface area contributed by atoms with E-state index < -0.39 is 5.54 Å². The summed E-state index contributed by atoms with van der Waals surface area (Å²) >= 11 is 0. The summed E-state index contributed by atoms with van der Waals surface area (Å²) in [5, 5.41) is 3.33. The Hall–Kier alpha value is -0.830. The number of ether oxygens (including phenoxy) is 1. The fourth-order valence-corrected chi connectivity index (χ4v) is 2.80. The Balaban J connectivity index is 2.84. The minimum atomic E-state index is -0.508. The maximum Gasteiger partial charge on any atom is 0.326 e. The van der Waals surface area contributed by atoms with Gasteiger partial charge in [-0.15, -0.1) is 6.58 Å². The average molecular weight is 239 g/mol. The SMILES string of the molecule is C=CCNC1(C(=O)OCC)CCCC(C)(C)C1. The molecule has 1 unspecified atom stereocenters. The van der Waals surface area contributed by atoms with E-state index in [1.54, 1.807) is 6.08 Å². The molecule has 3 heteroatoms. The van der Waals surface area contributed by atoms with E-state index in [0.717, 1.165) is 19.3 Å². The van der Waals surface area contributed by atoms with E-state index in [2.05, 4.69) is 25.7 Å². The van der Waals surface area contributed by atoms with Crippen LogP contribution in [-0.4, -0.2) is 24.7 Å². The highest BCUT2D eigenvalue weighted by Gasteiger charge is 2.46. The maximum atomic E-state index is 12.2. The second-order valence-corrected chi connectivity index (χ2v) is 5.67. The van der Waals surface area contributed by atoms with Crippen molar-refractivity contribution < 1.29 is 9.53 Å². The number of carbonyl (C=O) groups is 1. The molecule has 0 heterocycles. The zero-order valence-corrected chi connectivity index (χ0v) is 11.3. The third-order valence-electron chi connectivity index (χ3n) is 3.49. The molecule has 0 bridgehead atoms. The van der Waals surface area contributed by atoms with Crippen LogP contribution >= 0.6 is 0 Å². The van der Waals surface area contributed by atoms with Gasteiger partial charge in [-0.2, -0.15) is 0 Å². The van der Waals surface area contributed by atoms with E-state index in [1.807, 2.05) is 6.92 Å². The lowest BCUT2D eigenvalue weighted by atomic mass is 9.68. The van der Waals surface area contributed by atoms with Crippen molar-refractivity contribution in [3.63, 3.8) is 0 Å². The Bertz CT molecular complexity index is 286. The van der Waals surface area contributed by atoms with Gasteiger partial charge in [0.05, 0.1) is 6.61 Å². The number of rotatable bonds is 5. The molecule has 17 heavy (non-hydrogen) atoms. The van der Waals surface area contributed by atoms with Crippen molar-refractivity contribution in [2.24, 2.45) is 5.41 Å². The summed E-state index contributed by atoms with van der Waals surface area (Å²) in [4.78, 5) is 12.2. The molecule has 1 atom stereocenters. The number of nitrogens with one attached hydrogen (secondary N) is 1. The molecule has 0 aromatic heterocycles. The normalized spacial score (nSPS) is 27.5. The second-order valence-electron chi connectivity index (χ2n) is 5.67. The molecule has 1 N–H and O–H groups in total. The molecule has 1 saturated carbocycles. The number of hydrogen-bond donors (Lipinski definition) is 1. The molecule has 0 radical (unpaired) electrons. The fourth-order valence-electron chi connectivity index (χ4n) is 2.80. The van der Waals surface area contributed by atoms with Crippen molar-refractivity contribution in [2.75, 3.05) is 13.2 Å². The summed E-state index contributed by atoms with van der Waals surface area (Å²) < 4.78 is 5.24. The zero-order chi connectivity index (χ0) is 12.9. The van der Waals surface area contributed by atoms with Gasteiger partial charge in [0.1, 0.15) is 5.54 Å². The van der Waals surface area contributed by atoms with Crippen LogP contribution in [-0.2, 0) is 9.53 Å². The molecule has 1 rings (SSSR count). The van der Waals surface area contributed by atoms with E-state index in [9.17, 15) is 4.79 Å². The molecular formula is C14H25NO2. The van der Waals surface area contributed by atoms with Gasteiger partial charge in [-0.25, -0.2) is 0 Å². The molecule has 3 nitrogen and oxygen atoms in total. The van der Waals surface area contributed by atoms with Gasteiger partial charge in [0.15, 0.2) is 0 Å². The lowest BCUT2D eigenvalue weighted by Crippen LogP contribution is -2.57. The third-order valence-corrected chi connectivity index (χ3v) is 3.49. The Morgan fingerprint density at radius 1 is 1.47 bits per heavy atom. The van der Waals surface area contributed by atoms with Crippen LogP contribution in [0, 0.1) is 5.41 Å². The van der Waals surface area contributed by atoms with Crippen molar-refractivity contribution in [3.8, 4) is 0 Å². The molecule has 0 aromatic rings. The zero-order valence-electron chi connectivity index (χ0n) is 11.3. The predicted molar refractivity (Wildman–Crippen MR) is 69.8 cm³/mol. The van der Waals surface area contributed by atoms with Crippen LogP contribution in [0.5, 0.6) is 0 Å². The Morgan fingerprint density at radius 3 is 2.71 bits per heavy atom. The first-order valence-corrected chi connectivity index (χ1v) is 6.49. The highest BCUT2D eigenvalue weighted by atomic mass is 16.5. The van der Waals surface area contributed by atoms with Crippen molar-refractivity contribution >= 4 is 5.97 Å². The Labute approximate surface area is 105 Å². The van der Waals surface area contributed by atoms with E-state index in [-0.39, 0.29) is 11.4 Å². The summed E-state index contributed by atoms with van der Waals surface area (Å²) in [6.45, 7) is 11.1. The van der Waals surface area contributed by atoms with E-state index in [1.165, 1.54) is 6.42 Å². The molecule has 98 valence electrons. The molecule has 0 aromatic carbocycles. The van der Waals surface area contributed by atoms with Crippen LogP contribution in [0.2, 0.25) is 0 Å². The first-order chi connectivity index (χ1) is 7.96. The van der Waals surface area contributed by atoms with Crippen LogP contribution in [0.3, 0.4) is 0 Å². The van der Waals surface area contributed by atoms with Crippen LogP contribution in [0.25, 0.3) is 0 Å². The highest BCUT2D eigenvalue weighted by Crippen LogP contribution is 2.41. The van der Waals surface area contributed by atoms with Crippen LogP contribution in [0.15, 0.2) is 12.7 Å². The Morgan fingerprint density at radius 2 is 2.18 bits per heavy atom.